The first-order valence-corrected chi connectivity index (χ1v) is 7.07. The van der Waals surface area contributed by atoms with Crippen LogP contribution < -0.4 is 0 Å². The molecule has 1 rings (SSSR count). The maximum Gasteiger partial charge on any atom is 0.345 e. The van der Waals surface area contributed by atoms with E-state index < -0.39 is 5.97 Å². The van der Waals surface area contributed by atoms with Crippen molar-refractivity contribution >= 4 is 23.2 Å². The van der Waals surface area contributed by atoms with Crippen molar-refractivity contribution in [2.24, 2.45) is 0 Å². The molecule has 0 saturated carbocycles. The number of carboxylic acid groups (broad SMARTS) is 1. The summed E-state index contributed by atoms with van der Waals surface area (Å²) in [6.07, 6.45) is 0. The summed E-state index contributed by atoms with van der Waals surface area (Å²) in [6.45, 7) is 6.28. The fraction of sp³-hybridized carbons (Fsp3) is 0.538. The quantitative estimate of drug-likeness (QED) is 0.828. The lowest BCUT2D eigenvalue weighted by molar-refractivity contribution is -0.131. The summed E-state index contributed by atoms with van der Waals surface area (Å²) in [7, 11) is 1.86. The Labute approximate surface area is 117 Å². The fourth-order valence-corrected chi connectivity index (χ4v) is 2.73. The molecule has 106 valence electrons. The molecule has 0 saturated heterocycles. The van der Waals surface area contributed by atoms with E-state index in [0.717, 1.165) is 4.88 Å². The first-order valence-electron chi connectivity index (χ1n) is 6.26. The Morgan fingerprint density at radius 2 is 1.89 bits per heavy atom. The summed E-state index contributed by atoms with van der Waals surface area (Å²) in [5, 5.41) is 8.85. The highest BCUT2D eigenvalue weighted by Crippen LogP contribution is 2.17. The van der Waals surface area contributed by atoms with Gasteiger partial charge in [-0.2, -0.15) is 0 Å². The van der Waals surface area contributed by atoms with Gasteiger partial charge in [0.25, 0.3) is 0 Å². The van der Waals surface area contributed by atoms with Crippen LogP contribution in [0.4, 0.5) is 0 Å². The predicted molar refractivity (Wildman–Crippen MR) is 75.5 cm³/mol. The van der Waals surface area contributed by atoms with Gasteiger partial charge in [0.15, 0.2) is 0 Å². The summed E-state index contributed by atoms with van der Waals surface area (Å²) < 4.78 is 0. The minimum atomic E-state index is -0.905. The van der Waals surface area contributed by atoms with Crippen molar-refractivity contribution in [1.29, 1.82) is 0 Å². The molecular formula is C13H20N2O3S. The van der Waals surface area contributed by atoms with Crippen LogP contribution in [-0.2, 0) is 11.3 Å². The highest BCUT2D eigenvalue weighted by atomic mass is 32.1. The van der Waals surface area contributed by atoms with Crippen molar-refractivity contribution in [2.45, 2.75) is 20.4 Å². The Balaban J connectivity index is 2.52. The number of likely N-dealkylation sites (N-methyl/N-ethyl adjacent to an activating group) is 2. The second-order valence-corrected chi connectivity index (χ2v) is 5.48. The van der Waals surface area contributed by atoms with E-state index in [4.69, 9.17) is 5.11 Å². The Bertz CT molecular complexity index is 441. The van der Waals surface area contributed by atoms with E-state index in [2.05, 4.69) is 0 Å². The second-order valence-electron chi connectivity index (χ2n) is 4.31. The lowest BCUT2D eigenvalue weighted by Gasteiger charge is -2.22. The van der Waals surface area contributed by atoms with Gasteiger partial charge in [0, 0.05) is 24.5 Å². The fourth-order valence-electron chi connectivity index (χ4n) is 1.81. The summed E-state index contributed by atoms with van der Waals surface area (Å²) in [4.78, 5) is 27.7. The highest BCUT2D eigenvalue weighted by Gasteiger charge is 2.14. The van der Waals surface area contributed by atoms with E-state index >= 15 is 0 Å². The van der Waals surface area contributed by atoms with Crippen LogP contribution in [0.3, 0.4) is 0 Å². The monoisotopic (exact) mass is 284 g/mol. The maximum absolute atomic E-state index is 11.9. The summed E-state index contributed by atoms with van der Waals surface area (Å²) >= 11 is 1.25. The van der Waals surface area contributed by atoms with Crippen LogP contribution in [0.5, 0.6) is 0 Å². The van der Waals surface area contributed by atoms with Crippen molar-refractivity contribution in [3.05, 3.63) is 21.9 Å². The van der Waals surface area contributed by atoms with Gasteiger partial charge < -0.3 is 10.0 Å². The molecule has 1 aromatic heterocycles. The molecule has 1 heterocycles. The normalized spacial score (nSPS) is 10.7. The van der Waals surface area contributed by atoms with E-state index in [-0.39, 0.29) is 5.91 Å². The highest BCUT2D eigenvalue weighted by molar-refractivity contribution is 7.13. The second kappa shape index (κ2) is 7.25. The first-order chi connectivity index (χ1) is 8.97. The SMILES string of the molecule is CCN(CC)C(=O)CN(C)Cc1ccc(C(=O)O)s1. The van der Waals surface area contributed by atoms with Gasteiger partial charge in [-0.05, 0) is 33.0 Å². The van der Waals surface area contributed by atoms with Gasteiger partial charge >= 0.3 is 5.97 Å². The summed E-state index contributed by atoms with van der Waals surface area (Å²) in [5.41, 5.74) is 0. The Hall–Kier alpha value is -1.40. The molecule has 19 heavy (non-hydrogen) atoms. The van der Waals surface area contributed by atoms with Crippen molar-refractivity contribution in [1.82, 2.24) is 9.80 Å². The smallest absolute Gasteiger partial charge is 0.345 e. The number of hydrogen-bond acceptors (Lipinski definition) is 4. The molecule has 6 heteroatoms. The molecule has 0 aromatic carbocycles. The third-order valence-corrected chi connectivity index (χ3v) is 3.88. The molecule has 0 unspecified atom stereocenters. The molecule has 0 spiro atoms. The number of rotatable bonds is 7. The van der Waals surface area contributed by atoms with Gasteiger partial charge in [-0.3, -0.25) is 9.69 Å². The van der Waals surface area contributed by atoms with Crippen molar-refractivity contribution in [3.63, 3.8) is 0 Å². The zero-order valence-electron chi connectivity index (χ0n) is 11.5. The minimum Gasteiger partial charge on any atom is -0.477 e. The van der Waals surface area contributed by atoms with Gasteiger partial charge in [-0.1, -0.05) is 0 Å². The molecule has 0 aliphatic carbocycles. The van der Waals surface area contributed by atoms with E-state index in [1.165, 1.54) is 11.3 Å². The number of thiophene rings is 1. The molecule has 1 N–H and O–H groups in total. The van der Waals surface area contributed by atoms with Crippen molar-refractivity contribution in [3.8, 4) is 0 Å². The molecular weight excluding hydrogens is 264 g/mol. The third kappa shape index (κ3) is 4.65. The minimum absolute atomic E-state index is 0.0996. The number of aromatic carboxylic acids is 1. The number of hydrogen-bond donors (Lipinski definition) is 1. The average molecular weight is 284 g/mol. The maximum atomic E-state index is 11.9. The van der Waals surface area contributed by atoms with Crippen molar-refractivity contribution in [2.75, 3.05) is 26.7 Å². The van der Waals surface area contributed by atoms with Crippen LogP contribution in [-0.4, -0.2) is 53.5 Å². The molecule has 0 fully saturated rings. The third-order valence-electron chi connectivity index (χ3n) is 2.82. The first kappa shape index (κ1) is 15.7. The molecule has 0 radical (unpaired) electrons. The lowest BCUT2D eigenvalue weighted by atomic mass is 10.3. The van der Waals surface area contributed by atoms with Crippen LogP contribution >= 0.6 is 11.3 Å². The van der Waals surface area contributed by atoms with Gasteiger partial charge in [-0.15, -0.1) is 11.3 Å². The number of carbonyl (C=O) groups excluding carboxylic acids is 1. The van der Waals surface area contributed by atoms with E-state index in [1.807, 2.05) is 25.8 Å². The average Bonchev–Trinajstić information content (AvgIpc) is 2.78. The standard InChI is InChI=1S/C13H20N2O3S/c1-4-15(5-2)12(16)9-14(3)8-10-6-7-11(19-10)13(17)18/h6-7H,4-5,8-9H2,1-3H3,(H,17,18). The predicted octanol–water partition coefficient (Wildman–Crippen LogP) is 1.75. The molecule has 1 amide bonds. The van der Waals surface area contributed by atoms with E-state index in [9.17, 15) is 9.59 Å². The molecule has 0 bridgehead atoms. The van der Waals surface area contributed by atoms with Gasteiger partial charge in [0.1, 0.15) is 4.88 Å². The Morgan fingerprint density at radius 1 is 1.26 bits per heavy atom. The number of carboxylic acids is 1. The van der Waals surface area contributed by atoms with Crippen LogP contribution in [0.25, 0.3) is 0 Å². The molecule has 0 aliphatic heterocycles. The molecule has 5 nitrogen and oxygen atoms in total. The molecule has 1 aromatic rings. The summed E-state index contributed by atoms with van der Waals surface area (Å²) in [5.74, 6) is -0.805. The number of carbonyl (C=O) groups is 2. The van der Waals surface area contributed by atoms with Crippen LogP contribution in [0.1, 0.15) is 28.4 Å². The van der Waals surface area contributed by atoms with Crippen LogP contribution in [0.15, 0.2) is 12.1 Å². The Kier molecular flexibility index (Phi) is 5.98. The molecule has 0 atom stereocenters. The topological polar surface area (TPSA) is 60.9 Å². The zero-order valence-corrected chi connectivity index (χ0v) is 12.4. The number of nitrogens with zero attached hydrogens (tertiary/aromatic N) is 2. The van der Waals surface area contributed by atoms with E-state index in [1.54, 1.807) is 17.0 Å². The Morgan fingerprint density at radius 3 is 2.37 bits per heavy atom. The van der Waals surface area contributed by atoms with Gasteiger partial charge in [0.05, 0.1) is 6.54 Å². The van der Waals surface area contributed by atoms with Gasteiger partial charge in [-0.25, -0.2) is 4.79 Å². The van der Waals surface area contributed by atoms with Crippen LogP contribution in [0, 0.1) is 0 Å². The molecule has 0 aliphatic rings. The lowest BCUT2D eigenvalue weighted by Crippen LogP contribution is -2.38. The van der Waals surface area contributed by atoms with Crippen molar-refractivity contribution < 1.29 is 14.7 Å². The largest absolute Gasteiger partial charge is 0.477 e. The zero-order chi connectivity index (χ0) is 14.4. The summed E-state index contributed by atoms with van der Waals surface area (Å²) in [6, 6.07) is 3.40. The van der Waals surface area contributed by atoms with Gasteiger partial charge in [0.2, 0.25) is 5.91 Å². The number of amides is 1. The van der Waals surface area contributed by atoms with E-state index in [0.29, 0.717) is 31.1 Å². The van der Waals surface area contributed by atoms with Crippen LogP contribution in [0.2, 0.25) is 0 Å².